The lowest BCUT2D eigenvalue weighted by atomic mass is 9.70. The van der Waals surface area contributed by atoms with Gasteiger partial charge in [0.25, 0.3) is 0 Å². The van der Waals surface area contributed by atoms with Crippen molar-refractivity contribution in [1.82, 2.24) is 0 Å². The lowest BCUT2D eigenvalue weighted by Crippen LogP contribution is -2.26. The third-order valence-corrected chi connectivity index (χ3v) is 14.2. The van der Waals surface area contributed by atoms with Gasteiger partial charge in [0.1, 0.15) is 0 Å². The summed E-state index contributed by atoms with van der Waals surface area (Å²) in [6.45, 7) is 0. The number of rotatable bonds is 2. The molecule has 0 saturated heterocycles. The van der Waals surface area contributed by atoms with Crippen molar-refractivity contribution in [3.63, 3.8) is 0 Å². The van der Waals surface area contributed by atoms with Gasteiger partial charge in [0.2, 0.25) is 0 Å². The predicted molar refractivity (Wildman–Crippen MR) is 259 cm³/mol. The molecule has 0 nitrogen and oxygen atoms in total. The summed E-state index contributed by atoms with van der Waals surface area (Å²) in [5, 5.41) is 15.3. The molecule has 0 amide bonds. The van der Waals surface area contributed by atoms with E-state index in [1.807, 2.05) is 0 Å². The van der Waals surface area contributed by atoms with E-state index in [2.05, 4.69) is 218 Å². The molecule has 12 aromatic carbocycles. The van der Waals surface area contributed by atoms with Gasteiger partial charge in [-0.2, -0.15) is 0 Å². The van der Waals surface area contributed by atoms with Crippen LogP contribution in [-0.2, 0) is 5.41 Å². The Balaban J connectivity index is 1.03. The van der Waals surface area contributed by atoms with Crippen molar-refractivity contribution in [3.05, 3.63) is 241 Å². The first-order valence-electron chi connectivity index (χ1n) is 21.4. The topological polar surface area (TPSA) is 0 Å². The van der Waals surface area contributed by atoms with Crippen LogP contribution in [0.5, 0.6) is 0 Å². The molecule has 12 aromatic rings. The predicted octanol–water partition coefficient (Wildman–Crippen LogP) is 16.3. The first kappa shape index (κ1) is 33.1. The summed E-state index contributed by atoms with van der Waals surface area (Å²) in [5.41, 5.74) is 15.2. The van der Waals surface area contributed by atoms with Crippen LogP contribution < -0.4 is 0 Å². The highest BCUT2D eigenvalue weighted by Crippen LogP contribution is 2.63. The average Bonchev–Trinajstić information content (AvgIpc) is 3.79. The van der Waals surface area contributed by atoms with E-state index in [9.17, 15) is 0 Å². The average molecular weight is 769 g/mol. The van der Waals surface area contributed by atoms with E-state index in [4.69, 9.17) is 0 Å². The van der Waals surface area contributed by atoms with Crippen molar-refractivity contribution in [2.75, 3.05) is 0 Å². The summed E-state index contributed by atoms with van der Waals surface area (Å²) in [6.07, 6.45) is 0. The van der Waals surface area contributed by atoms with E-state index in [0.29, 0.717) is 0 Å². The van der Waals surface area contributed by atoms with Gasteiger partial charge >= 0.3 is 0 Å². The third kappa shape index (κ3) is 4.44. The van der Waals surface area contributed by atoms with E-state index in [-0.39, 0.29) is 0 Å². The highest BCUT2D eigenvalue weighted by Gasteiger charge is 2.51. The fourth-order valence-corrected chi connectivity index (χ4v) is 11.5. The molecule has 280 valence electrons. The van der Waals surface area contributed by atoms with Crippen LogP contribution in [0.2, 0.25) is 0 Å². The first-order valence-corrected chi connectivity index (χ1v) is 21.4. The molecule has 14 rings (SSSR count). The number of fused-ring (bicyclic) bond motifs is 18. The molecule has 0 N–H and O–H groups in total. The van der Waals surface area contributed by atoms with Gasteiger partial charge in [0, 0.05) is 0 Å². The van der Waals surface area contributed by atoms with Gasteiger partial charge in [-0.3, -0.25) is 0 Å². The highest BCUT2D eigenvalue weighted by atomic mass is 14.5. The van der Waals surface area contributed by atoms with Crippen molar-refractivity contribution < 1.29 is 0 Å². The second-order valence-corrected chi connectivity index (χ2v) is 17.1. The molecule has 0 aliphatic heterocycles. The van der Waals surface area contributed by atoms with Gasteiger partial charge in [0.05, 0.1) is 5.41 Å². The number of benzene rings is 12. The number of hydrogen-bond acceptors (Lipinski definition) is 0. The zero-order valence-electron chi connectivity index (χ0n) is 33.3. The zero-order valence-corrected chi connectivity index (χ0v) is 33.3. The van der Waals surface area contributed by atoms with Crippen LogP contribution in [0, 0.1) is 0 Å². The van der Waals surface area contributed by atoms with Crippen molar-refractivity contribution >= 4 is 64.6 Å². The normalized spacial score (nSPS) is 13.4. The van der Waals surface area contributed by atoms with E-state index in [0.717, 1.165) is 0 Å². The largest absolute Gasteiger partial charge is 0.0725 e. The van der Waals surface area contributed by atoms with E-state index >= 15 is 0 Å². The van der Waals surface area contributed by atoms with Gasteiger partial charge < -0.3 is 0 Å². The van der Waals surface area contributed by atoms with Gasteiger partial charge in [-0.05, 0) is 174 Å². The lowest BCUT2D eigenvalue weighted by Gasteiger charge is -2.31. The molecule has 0 radical (unpaired) electrons. The van der Waals surface area contributed by atoms with Gasteiger partial charge in [0.15, 0.2) is 0 Å². The standard InChI is InChI=1S/C61H36/c1-3-14-39-32-54-41(30-37(39)12-1)24-27-49-45(20-11-21-48(49)54)42-25-28-52-53-29-26-43(55-34-44-31-38-13-2-4-15-40(38)33-56(44)47-17-6-5-16-46(47)55)36-60(53)61(59(52)35-42)57-22-9-7-18-50(57)51-19-8-10-23-58(51)61/h1-36H. The fourth-order valence-electron chi connectivity index (χ4n) is 11.5. The molecule has 1 spiro atoms. The Morgan fingerprint density at radius 3 is 1.28 bits per heavy atom. The first-order chi connectivity index (χ1) is 30.2. The fraction of sp³-hybridized carbons (Fsp3) is 0.0164. The maximum Gasteiger partial charge on any atom is 0.0725 e. The van der Waals surface area contributed by atoms with Crippen LogP contribution in [-0.4, -0.2) is 0 Å². The van der Waals surface area contributed by atoms with Crippen LogP contribution in [0.1, 0.15) is 22.3 Å². The summed E-state index contributed by atoms with van der Waals surface area (Å²) < 4.78 is 0. The van der Waals surface area contributed by atoms with Gasteiger partial charge in [-0.15, -0.1) is 0 Å². The monoisotopic (exact) mass is 768 g/mol. The van der Waals surface area contributed by atoms with Crippen LogP contribution >= 0.6 is 0 Å². The minimum Gasteiger partial charge on any atom is -0.0619 e. The number of hydrogen-bond donors (Lipinski definition) is 0. The van der Waals surface area contributed by atoms with Crippen LogP contribution in [0.4, 0.5) is 0 Å². The van der Waals surface area contributed by atoms with Gasteiger partial charge in [-0.25, -0.2) is 0 Å². The molecule has 0 aromatic heterocycles. The summed E-state index contributed by atoms with van der Waals surface area (Å²) in [5.74, 6) is 0. The molecule has 0 unspecified atom stereocenters. The second-order valence-electron chi connectivity index (χ2n) is 17.1. The molecule has 0 fully saturated rings. The molecule has 0 heteroatoms. The maximum absolute atomic E-state index is 2.54. The van der Waals surface area contributed by atoms with E-state index < -0.39 is 5.41 Å². The van der Waals surface area contributed by atoms with Crippen LogP contribution in [0.3, 0.4) is 0 Å². The van der Waals surface area contributed by atoms with Crippen LogP contribution in [0.25, 0.3) is 109 Å². The molecule has 2 aliphatic carbocycles. The van der Waals surface area contributed by atoms with E-state index in [1.165, 1.54) is 131 Å². The Kier molecular flexibility index (Phi) is 6.58. The Labute approximate surface area is 353 Å². The molecule has 61 heavy (non-hydrogen) atoms. The summed E-state index contributed by atoms with van der Waals surface area (Å²) in [6, 6.07) is 82.7. The Bertz CT molecular complexity index is 3840. The SMILES string of the molecule is c1ccc2c(c1)-c1ccccc1C21c2cc(-c3cccc4c3ccc3cc5ccccc5cc34)ccc2-c2ccc(-c3cc4cc5ccccc5cc4c4ccccc34)cc21. The second kappa shape index (κ2) is 12.1. The molecular formula is C61H36. The van der Waals surface area contributed by atoms with Crippen molar-refractivity contribution in [3.8, 4) is 44.5 Å². The molecule has 2 aliphatic rings. The summed E-state index contributed by atoms with van der Waals surface area (Å²) in [4.78, 5) is 0. The Hall–Kier alpha value is -7.80. The van der Waals surface area contributed by atoms with Crippen molar-refractivity contribution in [2.45, 2.75) is 5.41 Å². The van der Waals surface area contributed by atoms with Crippen LogP contribution in [0.15, 0.2) is 218 Å². The summed E-state index contributed by atoms with van der Waals surface area (Å²) >= 11 is 0. The Morgan fingerprint density at radius 1 is 0.197 bits per heavy atom. The minimum atomic E-state index is -0.483. The smallest absolute Gasteiger partial charge is 0.0619 e. The zero-order chi connectivity index (χ0) is 39.8. The maximum atomic E-state index is 2.54. The summed E-state index contributed by atoms with van der Waals surface area (Å²) in [7, 11) is 0. The highest BCUT2D eigenvalue weighted by molar-refractivity contribution is 6.18. The van der Waals surface area contributed by atoms with Gasteiger partial charge in [-0.1, -0.05) is 176 Å². The third-order valence-electron chi connectivity index (χ3n) is 14.2. The van der Waals surface area contributed by atoms with Crippen molar-refractivity contribution in [1.29, 1.82) is 0 Å². The molecule has 0 heterocycles. The molecular weight excluding hydrogens is 733 g/mol. The van der Waals surface area contributed by atoms with E-state index in [1.54, 1.807) is 0 Å². The minimum absolute atomic E-state index is 0.483. The molecule has 0 saturated carbocycles. The molecule has 0 bridgehead atoms. The Morgan fingerprint density at radius 2 is 0.639 bits per heavy atom. The lowest BCUT2D eigenvalue weighted by molar-refractivity contribution is 0.794. The molecule has 0 atom stereocenters. The quantitative estimate of drug-likeness (QED) is 0.121. The van der Waals surface area contributed by atoms with Crippen molar-refractivity contribution in [2.24, 2.45) is 0 Å².